The number of rotatable bonds is 2. The van der Waals surface area contributed by atoms with Crippen molar-refractivity contribution in [2.24, 2.45) is 4.99 Å². The molecule has 3 aliphatic rings. The molecule has 0 atom stereocenters. The van der Waals surface area contributed by atoms with Gasteiger partial charge in [-0.05, 0) is 49.9 Å². The average Bonchev–Trinajstić information content (AvgIpc) is 3.43. The number of para-hydroxylation sites is 2. The molecule has 2 aliphatic heterocycles. The molecule has 7 rings (SSSR count). The van der Waals surface area contributed by atoms with Crippen molar-refractivity contribution in [2.45, 2.75) is 12.8 Å². The van der Waals surface area contributed by atoms with Crippen LogP contribution in [-0.4, -0.2) is 67.5 Å². The molecule has 0 spiro atoms. The Labute approximate surface area is 244 Å². The van der Waals surface area contributed by atoms with E-state index in [9.17, 15) is 9.59 Å². The highest BCUT2D eigenvalue weighted by molar-refractivity contribution is 7.16. The first-order valence-corrected chi connectivity index (χ1v) is 14.5. The van der Waals surface area contributed by atoms with E-state index in [-0.39, 0.29) is 11.6 Å². The number of thiophene rings is 1. The van der Waals surface area contributed by atoms with Crippen LogP contribution >= 0.6 is 11.3 Å². The molecule has 41 heavy (non-hydrogen) atoms. The van der Waals surface area contributed by atoms with E-state index in [4.69, 9.17) is 9.73 Å². The van der Waals surface area contributed by atoms with Crippen LogP contribution in [0.3, 0.4) is 0 Å². The van der Waals surface area contributed by atoms with Gasteiger partial charge in [0.1, 0.15) is 22.5 Å². The largest absolute Gasteiger partial charge is 0.497 e. The summed E-state index contributed by atoms with van der Waals surface area (Å²) in [4.78, 5) is 35.7. The van der Waals surface area contributed by atoms with Crippen molar-refractivity contribution in [1.82, 2.24) is 9.80 Å². The van der Waals surface area contributed by atoms with Crippen LogP contribution in [0.1, 0.15) is 42.6 Å². The third kappa shape index (κ3) is 5.28. The van der Waals surface area contributed by atoms with Gasteiger partial charge in [-0.15, -0.1) is 11.3 Å². The molecule has 1 aliphatic carbocycles. The van der Waals surface area contributed by atoms with Crippen molar-refractivity contribution < 1.29 is 14.3 Å². The van der Waals surface area contributed by atoms with Gasteiger partial charge in [0.15, 0.2) is 11.6 Å². The number of Topliss-reactive ketones (excluding diaryl/α,β-unsaturated/α-hetero) is 2. The van der Waals surface area contributed by atoms with Crippen LogP contribution in [0.4, 0.5) is 16.4 Å². The van der Waals surface area contributed by atoms with E-state index in [1.807, 2.05) is 0 Å². The summed E-state index contributed by atoms with van der Waals surface area (Å²) in [6.07, 6.45) is 0. The number of likely N-dealkylation sites (N-methyl/N-ethyl adjacent to an activating group) is 1. The van der Waals surface area contributed by atoms with Crippen LogP contribution in [0.25, 0.3) is 0 Å². The second-order valence-electron chi connectivity index (χ2n) is 10.4. The van der Waals surface area contributed by atoms with Crippen LogP contribution in [0.5, 0.6) is 5.75 Å². The lowest BCUT2D eigenvalue weighted by atomic mass is 9.94. The Hall–Kier alpha value is -4.27. The minimum Gasteiger partial charge on any atom is -0.497 e. The molecule has 0 bridgehead atoms. The van der Waals surface area contributed by atoms with Crippen LogP contribution < -0.4 is 10.1 Å². The van der Waals surface area contributed by atoms with Gasteiger partial charge in [-0.25, -0.2) is 4.99 Å². The molecule has 1 fully saturated rings. The Bertz CT molecular complexity index is 1600. The number of piperazine rings is 1. The number of nitrogens with one attached hydrogen (secondary N) is 1. The lowest BCUT2D eigenvalue weighted by molar-refractivity contribution is 0.0890. The van der Waals surface area contributed by atoms with Gasteiger partial charge in [0.2, 0.25) is 0 Å². The fourth-order valence-corrected chi connectivity index (χ4v) is 6.37. The van der Waals surface area contributed by atoms with Gasteiger partial charge >= 0.3 is 0 Å². The number of ketones is 2. The molecule has 0 radical (unpaired) electrons. The summed E-state index contributed by atoms with van der Waals surface area (Å²) in [5.41, 5.74) is 5.11. The first kappa shape index (κ1) is 26.9. The summed E-state index contributed by atoms with van der Waals surface area (Å²) in [5.74, 6) is 0.879. The number of methoxy groups -OCH3 is 1. The zero-order valence-electron chi connectivity index (χ0n) is 23.4. The quantitative estimate of drug-likeness (QED) is 0.288. The Kier molecular flexibility index (Phi) is 7.43. The Morgan fingerprint density at radius 3 is 2.15 bits per heavy atom. The zero-order chi connectivity index (χ0) is 28.5. The maximum atomic E-state index is 12.3. The van der Waals surface area contributed by atoms with E-state index in [0.29, 0.717) is 22.4 Å². The number of aryl methyl sites for hydroxylation is 1. The van der Waals surface area contributed by atoms with E-state index >= 15 is 0 Å². The minimum atomic E-state index is -0.705. The lowest BCUT2D eigenvalue weighted by Crippen LogP contribution is -2.47. The monoisotopic (exact) mass is 564 g/mol. The third-order valence-electron chi connectivity index (χ3n) is 7.71. The molecule has 7 nitrogen and oxygen atoms in total. The maximum Gasteiger partial charge on any atom is 0.178 e. The number of anilines is 2. The van der Waals surface area contributed by atoms with Gasteiger partial charge in [-0.2, -0.15) is 0 Å². The van der Waals surface area contributed by atoms with Crippen molar-refractivity contribution in [3.63, 3.8) is 0 Å². The van der Waals surface area contributed by atoms with E-state index in [0.717, 1.165) is 43.4 Å². The number of fused-ring (bicyclic) bond motifs is 3. The molecule has 1 saturated heterocycles. The van der Waals surface area contributed by atoms with Crippen LogP contribution in [0.2, 0.25) is 0 Å². The number of ether oxygens (including phenoxy) is 1. The van der Waals surface area contributed by atoms with Crippen molar-refractivity contribution in [3.8, 4) is 5.75 Å². The van der Waals surface area contributed by atoms with Crippen molar-refractivity contribution in [2.75, 3.05) is 45.7 Å². The van der Waals surface area contributed by atoms with Gasteiger partial charge in [-0.1, -0.05) is 48.5 Å². The Morgan fingerprint density at radius 1 is 0.854 bits per heavy atom. The predicted molar refractivity (Wildman–Crippen MR) is 165 cm³/mol. The normalized spacial score (nSPS) is 16.5. The molecule has 8 heteroatoms. The number of carbonyl (C=O) groups excluding carboxylic acids is 2. The SMILES string of the molecule is COc1ccc(C2C(=O)c3ccccc3C2=O)cc1.Cc1cc2c(s1)Nc1ccccc1N=C2N1CCN(C)CC1. The number of nitrogens with zero attached hydrogens (tertiary/aromatic N) is 3. The molecule has 0 saturated carbocycles. The van der Waals surface area contributed by atoms with Gasteiger partial charge in [0, 0.05) is 42.2 Å². The highest BCUT2D eigenvalue weighted by Gasteiger charge is 2.39. The summed E-state index contributed by atoms with van der Waals surface area (Å²) in [5, 5.41) is 4.78. The number of amidine groups is 1. The first-order valence-electron chi connectivity index (χ1n) is 13.7. The standard InChI is InChI=1S/C17H20N4S.C16H12O3/c1-12-11-13-16(21-9-7-20(2)8-10-21)18-14-5-3-4-6-15(14)19-17(13)22-12;1-19-11-8-6-10(7-9-11)14-15(17)12-4-2-3-5-13(12)16(14)18/h3-6,11,19H,7-10H2,1-2H3;2-9,14H,1H3. The average molecular weight is 565 g/mol. The Morgan fingerprint density at radius 2 is 1.49 bits per heavy atom. The van der Waals surface area contributed by atoms with Crippen LogP contribution in [0.15, 0.2) is 83.9 Å². The van der Waals surface area contributed by atoms with Crippen molar-refractivity contribution in [3.05, 3.63) is 106 Å². The minimum absolute atomic E-state index is 0.120. The molecule has 1 N–H and O–H groups in total. The van der Waals surface area contributed by atoms with E-state index in [1.54, 1.807) is 67.0 Å². The zero-order valence-corrected chi connectivity index (χ0v) is 24.2. The molecule has 3 aromatic carbocycles. The fraction of sp³-hybridized carbons (Fsp3) is 0.242. The molecule has 1 aromatic heterocycles. The predicted octanol–water partition coefficient (Wildman–Crippen LogP) is 6.30. The molecular formula is C33H32N4O3S. The van der Waals surface area contributed by atoms with E-state index < -0.39 is 5.92 Å². The summed E-state index contributed by atoms with van der Waals surface area (Å²) < 4.78 is 5.08. The summed E-state index contributed by atoms with van der Waals surface area (Å²) in [7, 11) is 3.76. The summed E-state index contributed by atoms with van der Waals surface area (Å²) in [6.45, 7) is 6.41. The summed E-state index contributed by atoms with van der Waals surface area (Å²) in [6, 6.07) is 24.6. The van der Waals surface area contributed by atoms with Gasteiger partial charge < -0.3 is 19.9 Å². The molecule has 208 valence electrons. The highest BCUT2D eigenvalue weighted by Crippen LogP contribution is 2.39. The number of hydrogen-bond donors (Lipinski definition) is 1. The molecule has 0 amide bonds. The second kappa shape index (κ2) is 11.3. The number of carbonyl (C=O) groups is 2. The van der Waals surface area contributed by atoms with Crippen molar-refractivity contribution in [1.29, 1.82) is 0 Å². The Balaban J connectivity index is 0.000000149. The van der Waals surface area contributed by atoms with Crippen molar-refractivity contribution >= 4 is 45.1 Å². The van der Waals surface area contributed by atoms with E-state index in [1.165, 1.54) is 15.4 Å². The number of benzene rings is 3. The van der Waals surface area contributed by atoms with Gasteiger partial charge in [0.25, 0.3) is 0 Å². The maximum absolute atomic E-state index is 12.3. The third-order valence-corrected chi connectivity index (χ3v) is 8.68. The topological polar surface area (TPSA) is 74.2 Å². The molecule has 4 aromatic rings. The smallest absolute Gasteiger partial charge is 0.178 e. The fourth-order valence-electron chi connectivity index (χ4n) is 5.45. The van der Waals surface area contributed by atoms with Crippen LogP contribution in [0, 0.1) is 6.92 Å². The first-order chi connectivity index (χ1) is 19.9. The van der Waals surface area contributed by atoms with Gasteiger partial charge in [-0.3, -0.25) is 9.59 Å². The molecule has 0 unspecified atom stereocenters. The van der Waals surface area contributed by atoms with E-state index in [2.05, 4.69) is 59.4 Å². The van der Waals surface area contributed by atoms with Gasteiger partial charge in [0.05, 0.1) is 24.0 Å². The van der Waals surface area contributed by atoms with Crippen LogP contribution in [-0.2, 0) is 0 Å². The lowest BCUT2D eigenvalue weighted by Gasteiger charge is -2.34. The summed E-state index contributed by atoms with van der Waals surface area (Å²) >= 11 is 1.81. The molecular weight excluding hydrogens is 532 g/mol. The number of aliphatic imine (C=N–C) groups is 1. The number of hydrogen-bond acceptors (Lipinski definition) is 8. The second-order valence-corrected chi connectivity index (χ2v) is 11.7. The molecule has 3 heterocycles. The highest BCUT2D eigenvalue weighted by atomic mass is 32.1.